The number of nitrogen functional groups attached to an aromatic ring is 1. The Morgan fingerprint density at radius 3 is 2.67 bits per heavy atom. The van der Waals surface area contributed by atoms with Crippen LogP contribution in [0.4, 0.5) is 11.6 Å². The van der Waals surface area contributed by atoms with Crippen LogP contribution in [0.1, 0.15) is 12.0 Å². The summed E-state index contributed by atoms with van der Waals surface area (Å²) in [6.07, 6.45) is 3.18. The second-order valence-electron chi connectivity index (χ2n) is 6.57. The molecule has 2 N–H and O–H groups in total. The first-order chi connectivity index (χ1) is 11.7. The fourth-order valence-electron chi connectivity index (χ4n) is 3.43. The van der Waals surface area contributed by atoms with Gasteiger partial charge in [0.2, 0.25) is 0 Å². The van der Waals surface area contributed by atoms with Gasteiger partial charge in [0.05, 0.1) is 0 Å². The molecule has 2 aromatic rings. The van der Waals surface area contributed by atoms with Crippen LogP contribution in [-0.2, 0) is 0 Å². The van der Waals surface area contributed by atoms with Crippen LogP contribution in [0.25, 0.3) is 5.82 Å². The molecule has 0 aromatic carbocycles. The van der Waals surface area contributed by atoms with Crippen molar-refractivity contribution in [2.75, 3.05) is 48.3 Å². The molecule has 0 radical (unpaired) electrons. The zero-order valence-electron chi connectivity index (χ0n) is 14.1. The van der Waals surface area contributed by atoms with E-state index >= 15 is 0 Å². The number of piperazine rings is 1. The van der Waals surface area contributed by atoms with Gasteiger partial charge in [0.15, 0.2) is 11.6 Å². The van der Waals surface area contributed by atoms with Crippen molar-refractivity contribution in [3.8, 4) is 5.82 Å². The largest absolute Gasteiger partial charge is 0.383 e. The molecule has 2 aromatic heterocycles. The first-order valence-corrected chi connectivity index (χ1v) is 9.71. The van der Waals surface area contributed by atoms with E-state index in [-0.39, 0.29) is 0 Å². The van der Waals surface area contributed by atoms with Gasteiger partial charge in [-0.3, -0.25) is 4.90 Å². The highest BCUT2D eigenvalue weighted by Gasteiger charge is 2.27. The molecule has 2 fully saturated rings. The highest BCUT2D eigenvalue weighted by Crippen LogP contribution is 2.25. The highest BCUT2D eigenvalue weighted by atomic mass is 32.2. The SMILES string of the molecule is Cc1ccc(-n2nc(N3CCN(C4CCSC4)CC3)cc2N)nc1. The van der Waals surface area contributed by atoms with E-state index in [1.807, 2.05) is 31.3 Å². The van der Waals surface area contributed by atoms with Crippen molar-refractivity contribution in [2.24, 2.45) is 0 Å². The summed E-state index contributed by atoms with van der Waals surface area (Å²) >= 11 is 2.08. The third-order valence-corrected chi connectivity index (χ3v) is 6.04. The van der Waals surface area contributed by atoms with Gasteiger partial charge in [0, 0.05) is 50.2 Å². The highest BCUT2D eigenvalue weighted by molar-refractivity contribution is 7.99. The van der Waals surface area contributed by atoms with Crippen molar-refractivity contribution in [3.63, 3.8) is 0 Å². The van der Waals surface area contributed by atoms with E-state index in [2.05, 4.69) is 31.6 Å². The Hall–Kier alpha value is -1.73. The minimum absolute atomic E-state index is 0.635. The first kappa shape index (κ1) is 15.8. The van der Waals surface area contributed by atoms with Crippen LogP contribution in [-0.4, -0.2) is 63.4 Å². The molecule has 4 rings (SSSR count). The molecule has 6 nitrogen and oxygen atoms in total. The summed E-state index contributed by atoms with van der Waals surface area (Å²) < 4.78 is 1.73. The van der Waals surface area contributed by atoms with Crippen LogP contribution in [0, 0.1) is 6.92 Å². The van der Waals surface area contributed by atoms with Crippen LogP contribution in [0.3, 0.4) is 0 Å². The van der Waals surface area contributed by atoms with Crippen molar-refractivity contribution in [1.29, 1.82) is 0 Å². The smallest absolute Gasteiger partial charge is 0.155 e. The molecule has 0 aliphatic carbocycles. The Kier molecular flexibility index (Phi) is 4.37. The number of anilines is 2. The summed E-state index contributed by atoms with van der Waals surface area (Å²) in [5.74, 6) is 4.97. The van der Waals surface area contributed by atoms with E-state index in [1.165, 1.54) is 17.9 Å². The third kappa shape index (κ3) is 3.10. The van der Waals surface area contributed by atoms with Crippen LogP contribution >= 0.6 is 11.8 Å². The van der Waals surface area contributed by atoms with Gasteiger partial charge in [-0.15, -0.1) is 5.10 Å². The third-order valence-electron chi connectivity index (χ3n) is 4.90. The monoisotopic (exact) mass is 344 g/mol. The molecule has 1 unspecified atom stereocenters. The van der Waals surface area contributed by atoms with E-state index in [1.54, 1.807) is 4.68 Å². The zero-order valence-corrected chi connectivity index (χ0v) is 14.9. The maximum Gasteiger partial charge on any atom is 0.155 e. The van der Waals surface area contributed by atoms with Crippen LogP contribution in [0.2, 0.25) is 0 Å². The standard InChI is InChI=1S/C17H24N6S/c1-13-2-3-16(19-11-13)23-15(18)10-17(20-23)22-7-5-21(6-8-22)14-4-9-24-12-14/h2-3,10-11,14H,4-9,12,18H2,1H3. The van der Waals surface area contributed by atoms with Gasteiger partial charge in [0.1, 0.15) is 5.82 Å². The fourth-order valence-corrected chi connectivity index (χ4v) is 4.69. The molecule has 2 aliphatic heterocycles. The number of rotatable bonds is 3. The van der Waals surface area contributed by atoms with Crippen LogP contribution < -0.4 is 10.6 Å². The van der Waals surface area contributed by atoms with Gasteiger partial charge in [-0.05, 0) is 30.7 Å². The predicted molar refractivity (Wildman–Crippen MR) is 100 cm³/mol. The van der Waals surface area contributed by atoms with Crippen molar-refractivity contribution in [1.82, 2.24) is 19.7 Å². The average molecular weight is 344 g/mol. The number of nitrogens with zero attached hydrogens (tertiary/aromatic N) is 5. The number of aromatic nitrogens is 3. The fraction of sp³-hybridized carbons (Fsp3) is 0.529. The molecule has 1 atom stereocenters. The molecule has 0 bridgehead atoms. The molecule has 0 spiro atoms. The Morgan fingerprint density at radius 1 is 1.17 bits per heavy atom. The maximum atomic E-state index is 6.17. The van der Waals surface area contributed by atoms with Gasteiger partial charge in [-0.25, -0.2) is 4.98 Å². The summed E-state index contributed by atoms with van der Waals surface area (Å²) in [5.41, 5.74) is 7.30. The number of hydrogen-bond donors (Lipinski definition) is 1. The Labute approximate surface area is 147 Å². The number of thioether (sulfide) groups is 1. The Balaban J connectivity index is 1.46. The van der Waals surface area contributed by atoms with Gasteiger partial charge < -0.3 is 10.6 Å². The van der Waals surface area contributed by atoms with E-state index in [0.29, 0.717) is 5.82 Å². The number of nitrogens with two attached hydrogens (primary N) is 1. The molecule has 7 heteroatoms. The molecule has 0 amide bonds. The lowest BCUT2D eigenvalue weighted by molar-refractivity contribution is 0.200. The molecule has 24 heavy (non-hydrogen) atoms. The Morgan fingerprint density at radius 2 is 2.00 bits per heavy atom. The molecule has 2 aliphatic rings. The van der Waals surface area contributed by atoms with Crippen molar-refractivity contribution < 1.29 is 0 Å². The summed E-state index contributed by atoms with van der Waals surface area (Å²) in [4.78, 5) is 9.39. The normalized spacial score (nSPS) is 22.2. The summed E-state index contributed by atoms with van der Waals surface area (Å²) in [7, 11) is 0. The zero-order chi connectivity index (χ0) is 16.5. The number of aryl methyl sites for hydroxylation is 1. The molecule has 0 saturated carbocycles. The summed E-state index contributed by atoms with van der Waals surface area (Å²) in [6, 6.07) is 6.72. The van der Waals surface area contributed by atoms with Gasteiger partial charge in [0.25, 0.3) is 0 Å². The van der Waals surface area contributed by atoms with Crippen molar-refractivity contribution in [2.45, 2.75) is 19.4 Å². The molecule has 128 valence electrons. The van der Waals surface area contributed by atoms with Gasteiger partial charge >= 0.3 is 0 Å². The van der Waals surface area contributed by atoms with E-state index in [4.69, 9.17) is 5.73 Å². The molecule has 4 heterocycles. The predicted octanol–water partition coefficient (Wildman–Crippen LogP) is 1.79. The van der Waals surface area contributed by atoms with Gasteiger partial charge in [-0.1, -0.05) is 6.07 Å². The second-order valence-corrected chi connectivity index (χ2v) is 7.72. The number of hydrogen-bond acceptors (Lipinski definition) is 6. The lowest BCUT2D eigenvalue weighted by atomic mass is 10.2. The van der Waals surface area contributed by atoms with Crippen molar-refractivity contribution in [3.05, 3.63) is 30.0 Å². The molecular formula is C17H24N6S. The quantitative estimate of drug-likeness (QED) is 0.916. The minimum Gasteiger partial charge on any atom is -0.383 e. The van der Waals surface area contributed by atoms with Crippen LogP contribution in [0.15, 0.2) is 24.4 Å². The Bertz CT molecular complexity index is 684. The minimum atomic E-state index is 0.635. The van der Waals surface area contributed by atoms with E-state index in [9.17, 15) is 0 Å². The summed E-state index contributed by atoms with van der Waals surface area (Å²) in [6.45, 7) is 6.27. The van der Waals surface area contributed by atoms with Crippen molar-refractivity contribution >= 4 is 23.4 Å². The van der Waals surface area contributed by atoms with Gasteiger partial charge in [-0.2, -0.15) is 16.4 Å². The summed E-state index contributed by atoms with van der Waals surface area (Å²) in [5, 5.41) is 4.69. The topological polar surface area (TPSA) is 63.2 Å². The average Bonchev–Trinajstić information content (AvgIpc) is 3.26. The second kappa shape index (κ2) is 6.64. The number of pyridine rings is 1. The van der Waals surface area contributed by atoms with E-state index < -0.39 is 0 Å². The van der Waals surface area contributed by atoms with E-state index in [0.717, 1.165) is 49.4 Å². The first-order valence-electron chi connectivity index (χ1n) is 8.56. The lowest BCUT2D eigenvalue weighted by Gasteiger charge is -2.37. The maximum absolute atomic E-state index is 6.17. The van der Waals surface area contributed by atoms with Crippen LogP contribution in [0.5, 0.6) is 0 Å². The molecule has 2 saturated heterocycles. The molecular weight excluding hydrogens is 320 g/mol. The lowest BCUT2D eigenvalue weighted by Crippen LogP contribution is -2.50.